The molecule has 0 spiro atoms. The molecule has 0 fully saturated rings. The van der Waals surface area contributed by atoms with Gasteiger partial charge in [0.05, 0.1) is 4.90 Å². The summed E-state index contributed by atoms with van der Waals surface area (Å²) in [4.78, 5) is 0.348. The molecular weight excluding hydrogens is 258 g/mol. The molecule has 2 aromatic carbocycles. The summed E-state index contributed by atoms with van der Waals surface area (Å²) in [6.45, 7) is 2.18. The van der Waals surface area contributed by atoms with Crippen LogP contribution in [-0.2, 0) is 16.4 Å². The summed E-state index contributed by atoms with van der Waals surface area (Å²) in [5.41, 5.74) is 4.70. The Morgan fingerprint density at radius 2 is 1.79 bits per heavy atom. The Morgan fingerprint density at radius 3 is 2.58 bits per heavy atom. The highest BCUT2D eigenvalue weighted by atomic mass is 32.2. The molecule has 0 amide bonds. The maximum Gasteiger partial charge on any atom is 0.240 e. The summed E-state index contributed by atoms with van der Waals surface area (Å²) < 4.78 is 26.5. The van der Waals surface area contributed by atoms with Crippen molar-refractivity contribution in [2.75, 3.05) is 6.54 Å². The van der Waals surface area contributed by atoms with Crippen LogP contribution in [-0.4, -0.2) is 15.0 Å². The standard InChI is InChI=1S/C15H15NO2S/c1-2-16-19(17,18)13-7-8-15-12(10-13)9-11-5-3-4-6-14(11)15/h3-8,10,16H,2,9H2,1H3. The third kappa shape index (κ3) is 2.07. The SMILES string of the molecule is CCNS(=O)(=O)c1ccc2c(c1)Cc1ccccc1-2. The van der Waals surface area contributed by atoms with E-state index in [2.05, 4.69) is 16.9 Å². The van der Waals surface area contributed by atoms with Gasteiger partial charge in [0.25, 0.3) is 0 Å². The van der Waals surface area contributed by atoms with E-state index in [1.165, 1.54) is 11.1 Å². The summed E-state index contributed by atoms with van der Waals surface area (Å²) in [6.07, 6.45) is 0.807. The average molecular weight is 273 g/mol. The number of nitrogens with one attached hydrogen (secondary N) is 1. The predicted octanol–water partition coefficient (Wildman–Crippen LogP) is 2.56. The second kappa shape index (κ2) is 4.47. The van der Waals surface area contributed by atoms with Gasteiger partial charge in [-0.15, -0.1) is 0 Å². The van der Waals surface area contributed by atoms with Crippen molar-refractivity contribution in [3.05, 3.63) is 53.6 Å². The molecule has 1 aliphatic carbocycles. The van der Waals surface area contributed by atoms with E-state index in [4.69, 9.17) is 0 Å². The molecule has 3 rings (SSSR count). The van der Waals surface area contributed by atoms with E-state index in [0.717, 1.165) is 17.5 Å². The smallest absolute Gasteiger partial charge is 0.211 e. The van der Waals surface area contributed by atoms with E-state index in [1.807, 2.05) is 18.2 Å². The largest absolute Gasteiger partial charge is 0.240 e. The molecule has 2 aromatic rings. The molecule has 0 aromatic heterocycles. The molecule has 0 aliphatic heterocycles. The lowest BCUT2D eigenvalue weighted by atomic mass is 10.1. The quantitative estimate of drug-likeness (QED) is 0.797. The van der Waals surface area contributed by atoms with Crippen LogP contribution >= 0.6 is 0 Å². The predicted molar refractivity (Wildman–Crippen MR) is 75.5 cm³/mol. The van der Waals surface area contributed by atoms with Crippen molar-refractivity contribution in [1.82, 2.24) is 4.72 Å². The highest BCUT2D eigenvalue weighted by Gasteiger charge is 2.21. The van der Waals surface area contributed by atoms with Gasteiger partial charge < -0.3 is 0 Å². The Morgan fingerprint density at radius 1 is 1.05 bits per heavy atom. The van der Waals surface area contributed by atoms with E-state index < -0.39 is 10.0 Å². The molecule has 0 radical (unpaired) electrons. The van der Waals surface area contributed by atoms with Crippen LogP contribution in [0.25, 0.3) is 11.1 Å². The summed E-state index contributed by atoms with van der Waals surface area (Å²) in [5.74, 6) is 0. The first kappa shape index (κ1) is 12.4. The monoisotopic (exact) mass is 273 g/mol. The third-order valence-electron chi connectivity index (χ3n) is 3.41. The molecule has 4 heteroatoms. The highest BCUT2D eigenvalue weighted by molar-refractivity contribution is 7.89. The minimum atomic E-state index is -3.37. The normalized spacial score (nSPS) is 13.1. The molecule has 0 saturated heterocycles. The van der Waals surface area contributed by atoms with Crippen molar-refractivity contribution in [2.24, 2.45) is 0 Å². The van der Waals surface area contributed by atoms with Crippen LogP contribution in [0.5, 0.6) is 0 Å². The van der Waals surface area contributed by atoms with Gasteiger partial charge in [0.2, 0.25) is 10.0 Å². The first-order valence-electron chi connectivity index (χ1n) is 6.32. The van der Waals surface area contributed by atoms with Crippen LogP contribution in [0.4, 0.5) is 0 Å². The Labute approximate surface area is 113 Å². The van der Waals surface area contributed by atoms with Crippen molar-refractivity contribution < 1.29 is 8.42 Å². The van der Waals surface area contributed by atoms with Crippen LogP contribution < -0.4 is 4.72 Å². The summed E-state index contributed by atoms with van der Waals surface area (Å²) >= 11 is 0. The van der Waals surface area contributed by atoms with Crippen LogP contribution in [0.15, 0.2) is 47.4 Å². The van der Waals surface area contributed by atoms with Crippen molar-refractivity contribution in [3.63, 3.8) is 0 Å². The fourth-order valence-electron chi connectivity index (χ4n) is 2.56. The lowest BCUT2D eigenvalue weighted by Gasteiger charge is -2.07. The van der Waals surface area contributed by atoms with Crippen LogP contribution in [0, 0.1) is 0 Å². The van der Waals surface area contributed by atoms with E-state index in [1.54, 1.807) is 19.1 Å². The number of hydrogen-bond donors (Lipinski definition) is 1. The van der Waals surface area contributed by atoms with Gasteiger partial charge in [0.15, 0.2) is 0 Å². The number of fused-ring (bicyclic) bond motifs is 3. The fourth-order valence-corrected chi connectivity index (χ4v) is 3.65. The average Bonchev–Trinajstić information content (AvgIpc) is 2.76. The fraction of sp³-hybridized carbons (Fsp3) is 0.200. The molecule has 19 heavy (non-hydrogen) atoms. The summed E-state index contributed by atoms with van der Waals surface area (Å²) in [6, 6.07) is 13.6. The first-order valence-corrected chi connectivity index (χ1v) is 7.81. The zero-order valence-corrected chi connectivity index (χ0v) is 11.5. The topological polar surface area (TPSA) is 46.2 Å². The van der Waals surface area contributed by atoms with Gasteiger partial charge in [-0.1, -0.05) is 37.3 Å². The molecule has 0 heterocycles. The molecule has 98 valence electrons. The molecule has 1 aliphatic rings. The first-order chi connectivity index (χ1) is 9.12. The molecule has 0 atom stereocenters. The minimum Gasteiger partial charge on any atom is -0.211 e. The van der Waals surface area contributed by atoms with Gasteiger partial charge >= 0.3 is 0 Å². The van der Waals surface area contributed by atoms with Gasteiger partial charge in [-0.25, -0.2) is 13.1 Å². The third-order valence-corrected chi connectivity index (χ3v) is 4.95. The molecule has 0 saturated carbocycles. The maximum atomic E-state index is 12.0. The van der Waals surface area contributed by atoms with Gasteiger partial charge in [0, 0.05) is 6.54 Å². The number of rotatable bonds is 3. The molecular formula is C15H15NO2S. The van der Waals surface area contributed by atoms with E-state index in [-0.39, 0.29) is 0 Å². The number of hydrogen-bond acceptors (Lipinski definition) is 2. The van der Waals surface area contributed by atoms with Crippen molar-refractivity contribution in [3.8, 4) is 11.1 Å². The van der Waals surface area contributed by atoms with Gasteiger partial charge in [-0.05, 0) is 40.8 Å². The van der Waals surface area contributed by atoms with E-state index in [9.17, 15) is 8.42 Å². The maximum absolute atomic E-state index is 12.0. The van der Waals surface area contributed by atoms with Crippen LogP contribution in [0.1, 0.15) is 18.1 Å². The van der Waals surface area contributed by atoms with Gasteiger partial charge in [-0.2, -0.15) is 0 Å². The Hall–Kier alpha value is -1.65. The molecule has 1 N–H and O–H groups in total. The Bertz CT molecular complexity index is 736. The molecule has 0 unspecified atom stereocenters. The van der Waals surface area contributed by atoms with Gasteiger partial charge in [0.1, 0.15) is 0 Å². The molecule has 0 bridgehead atoms. The zero-order chi connectivity index (χ0) is 13.5. The number of benzene rings is 2. The highest BCUT2D eigenvalue weighted by Crippen LogP contribution is 2.37. The zero-order valence-electron chi connectivity index (χ0n) is 10.7. The Kier molecular flexibility index (Phi) is 2.92. The van der Waals surface area contributed by atoms with E-state index in [0.29, 0.717) is 11.4 Å². The van der Waals surface area contributed by atoms with E-state index >= 15 is 0 Å². The lowest BCUT2D eigenvalue weighted by Crippen LogP contribution is -2.23. The Balaban J connectivity index is 2.07. The van der Waals surface area contributed by atoms with Crippen molar-refractivity contribution in [1.29, 1.82) is 0 Å². The second-order valence-electron chi connectivity index (χ2n) is 4.65. The van der Waals surface area contributed by atoms with Crippen molar-refractivity contribution >= 4 is 10.0 Å². The van der Waals surface area contributed by atoms with Gasteiger partial charge in [-0.3, -0.25) is 0 Å². The summed E-state index contributed by atoms with van der Waals surface area (Å²) in [7, 11) is -3.37. The summed E-state index contributed by atoms with van der Waals surface area (Å²) in [5, 5.41) is 0. The lowest BCUT2D eigenvalue weighted by molar-refractivity contribution is 0.584. The van der Waals surface area contributed by atoms with Crippen LogP contribution in [0.2, 0.25) is 0 Å². The molecule has 3 nitrogen and oxygen atoms in total. The van der Waals surface area contributed by atoms with Crippen molar-refractivity contribution in [2.45, 2.75) is 18.2 Å². The minimum absolute atomic E-state index is 0.348. The second-order valence-corrected chi connectivity index (χ2v) is 6.42. The number of sulfonamides is 1. The van der Waals surface area contributed by atoms with Crippen LogP contribution in [0.3, 0.4) is 0 Å².